The molecule has 16 heavy (non-hydrogen) atoms. The van der Waals surface area contributed by atoms with E-state index in [2.05, 4.69) is 4.98 Å². The summed E-state index contributed by atoms with van der Waals surface area (Å²) in [6.45, 7) is 0.662. The van der Waals surface area contributed by atoms with E-state index in [1.807, 2.05) is 0 Å². The minimum atomic E-state index is -0.501. The molecule has 1 radical (unpaired) electrons. The van der Waals surface area contributed by atoms with Crippen LogP contribution in [0.25, 0.3) is 0 Å². The van der Waals surface area contributed by atoms with E-state index >= 15 is 0 Å². The van der Waals surface area contributed by atoms with Gasteiger partial charge in [0.2, 0.25) is 5.91 Å². The number of aromatic nitrogens is 1. The van der Waals surface area contributed by atoms with Crippen LogP contribution in [0.15, 0.2) is 24.5 Å². The third-order valence-electron chi connectivity index (χ3n) is 2.69. The zero-order chi connectivity index (χ0) is 10.8. The number of carbonyl (C=O) groups excluding carboxylic acids is 2. The standard InChI is InChI=1S/C11H12N2O2.Na/c1-13-6-4-9(11(13)15)10(14)8-3-2-5-12-7-8;/h2-3,5,7,9H,4,6H2,1H3;. The molecule has 1 amide bonds. The van der Waals surface area contributed by atoms with Crippen molar-refractivity contribution in [2.45, 2.75) is 6.42 Å². The molecule has 2 rings (SSSR count). The quantitative estimate of drug-likeness (QED) is 0.416. The first-order valence-electron chi connectivity index (χ1n) is 4.89. The number of likely N-dealkylation sites (tertiary alicyclic amines) is 1. The van der Waals surface area contributed by atoms with Crippen molar-refractivity contribution in [3.05, 3.63) is 30.1 Å². The van der Waals surface area contributed by atoms with Gasteiger partial charge in [0.1, 0.15) is 5.92 Å². The first-order chi connectivity index (χ1) is 7.20. The summed E-state index contributed by atoms with van der Waals surface area (Å²) in [4.78, 5) is 29.0. The molecule has 1 atom stereocenters. The van der Waals surface area contributed by atoms with E-state index in [1.54, 1.807) is 30.3 Å². The Bertz CT molecular complexity index is 394. The average molecular weight is 227 g/mol. The van der Waals surface area contributed by atoms with Crippen LogP contribution in [0.1, 0.15) is 16.8 Å². The molecule has 79 valence electrons. The fraction of sp³-hybridized carbons (Fsp3) is 0.364. The molecule has 0 aromatic carbocycles. The Morgan fingerprint density at radius 3 is 2.81 bits per heavy atom. The smallest absolute Gasteiger partial charge is 0.233 e. The zero-order valence-corrected chi connectivity index (χ0v) is 11.5. The number of amides is 1. The van der Waals surface area contributed by atoms with Crippen molar-refractivity contribution in [2.24, 2.45) is 5.92 Å². The van der Waals surface area contributed by atoms with Gasteiger partial charge in [-0.3, -0.25) is 14.6 Å². The molecule has 2 heterocycles. The first-order valence-corrected chi connectivity index (χ1v) is 4.89. The van der Waals surface area contributed by atoms with Crippen molar-refractivity contribution in [1.82, 2.24) is 9.88 Å². The number of Topliss-reactive ketones (excluding diaryl/α,β-unsaturated/α-hetero) is 1. The minimum absolute atomic E-state index is 0. The Labute approximate surface area is 116 Å². The average Bonchev–Trinajstić information content (AvgIpc) is 2.60. The van der Waals surface area contributed by atoms with E-state index in [0.29, 0.717) is 18.5 Å². The molecule has 1 saturated heterocycles. The van der Waals surface area contributed by atoms with Crippen molar-refractivity contribution in [1.29, 1.82) is 0 Å². The maximum atomic E-state index is 11.9. The summed E-state index contributed by atoms with van der Waals surface area (Å²) in [5, 5.41) is 0. The van der Waals surface area contributed by atoms with Gasteiger partial charge in [0.15, 0.2) is 5.78 Å². The van der Waals surface area contributed by atoms with Crippen LogP contribution in [0.4, 0.5) is 0 Å². The number of pyridine rings is 1. The molecule has 1 fully saturated rings. The monoisotopic (exact) mass is 227 g/mol. The fourth-order valence-electron chi connectivity index (χ4n) is 1.78. The number of hydrogen-bond acceptors (Lipinski definition) is 3. The normalized spacial score (nSPS) is 19.4. The van der Waals surface area contributed by atoms with Gasteiger partial charge in [0, 0.05) is 61.1 Å². The van der Waals surface area contributed by atoms with Crippen LogP contribution < -0.4 is 0 Å². The Hall–Kier alpha value is -0.710. The minimum Gasteiger partial charge on any atom is -0.345 e. The SMILES string of the molecule is CN1CCC(C(=O)c2cccnc2)C1=O.[Na]. The maximum Gasteiger partial charge on any atom is 0.233 e. The van der Waals surface area contributed by atoms with E-state index in [9.17, 15) is 9.59 Å². The molecule has 5 heteroatoms. The van der Waals surface area contributed by atoms with Gasteiger partial charge in [-0.25, -0.2) is 0 Å². The van der Waals surface area contributed by atoms with E-state index in [4.69, 9.17) is 0 Å². The van der Waals surface area contributed by atoms with Gasteiger partial charge in [-0.1, -0.05) is 0 Å². The van der Waals surface area contributed by atoms with Gasteiger partial charge >= 0.3 is 0 Å². The number of carbonyl (C=O) groups is 2. The summed E-state index contributed by atoms with van der Waals surface area (Å²) in [5.41, 5.74) is 0.520. The molecule has 0 N–H and O–H groups in total. The van der Waals surface area contributed by atoms with Gasteiger partial charge < -0.3 is 4.90 Å². The summed E-state index contributed by atoms with van der Waals surface area (Å²) in [7, 11) is 1.72. The summed E-state index contributed by atoms with van der Waals surface area (Å²) in [6, 6.07) is 3.40. The van der Waals surface area contributed by atoms with Crippen molar-refractivity contribution in [2.75, 3.05) is 13.6 Å². The number of nitrogens with zero attached hydrogens (tertiary/aromatic N) is 2. The summed E-state index contributed by atoms with van der Waals surface area (Å²) < 4.78 is 0. The molecule has 0 bridgehead atoms. The predicted octanol–water partition coefficient (Wildman–Crippen LogP) is 0.362. The molecular weight excluding hydrogens is 215 g/mol. The second-order valence-corrected chi connectivity index (χ2v) is 3.71. The Morgan fingerprint density at radius 2 is 2.31 bits per heavy atom. The van der Waals surface area contributed by atoms with Crippen molar-refractivity contribution >= 4 is 41.2 Å². The number of rotatable bonds is 2. The molecule has 1 aromatic rings. The Kier molecular flexibility index (Phi) is 4.65. The third kappa shape index (κ3) is 2.51. The van der Waals surface area contributed by atoms with Gasteiger partial charge in [0.05, 0.1) is 0 Å². The number of hydrogen-bond donors (Lipinski definition) is 0. The first kappa shape index (κ1) is 13.4. The fourth-order valence-corrected chi connectivity index (χ4v) is 1.78. The Morgan fingerprint density at radius 1 is 1.56 bits per heavy atom. The third-order valence-corrected chi connectivity index (χ3v) is 2.69. The molecule has 1 unspecified atom stereocenters. The summed E-state index contributed by atoms with van der Waals surface area (Å²) in [5.74, 6) is -0.694. The number of ketones is 1. The molecule has 1 aliphatic heterocycles. The van der Waals surface area contributed by atoms with E-state index < -0.39 is 5.92 Å². The topological polar surface area (TPSA) is 50.3 Å². The van der Waals surface area contributed by atoms with Gasteiger partial charge in [-0.15, -0.1) is 0 Å². The summed E-state index contributed by atoms with van der Waals surface area (Å²) in [6.07, 6.45) is 3.73. The van der Waals surface area contributed by atoms with Crippen molar-refractivity contribution in [3.8, 4) is 0 Å². The van der Waals surface area contributed by atoms with Crippen LogP contribution in [0, 0.1) is 5.92 Å². The van der Waals surface area contributed by atoms with Crippen LogP contribution in [0.5, 0.6) is 0 Å². The second kappa shape index (κ2) is 5.57. The maximum absolute atomic E-state index is 11.9. The molecule has 0 saturated carbocycles. The van der Waals surface area contributed by atoms with Crippen LogP contribution in [0.3, 0.4) is 0 Å². The van der Waals surface area contributed by atoms with Crippen molar-refractivity contribution in [3.63, 3.8) is 0 Å². The van der Waals surface area contributed by atoms with E-state index in [0.717, 1.165) is 0 Å². The van der Waals surface area contributed by atoms with Crippen LogP contribution in [0.2, 0.25) is 0 Å². The van der Waals surface area contributed by atoms with E-state index in [-0.39, 0.29) is 41.2 Å². The summed E-state index contributed by atoms with van der Waals surface area (Å²) >= 11 is 0. The van der Waals surface area contributed by atoms with Crippen LogP contribution in [-0.2, 0) is 4.79 Å². The van der Waals surface area contributed by atoms with Crippen molar-refractivity contribution < 1.29 is 9.59 Å². The molecule has 1 aliphatic rings. The Balaban J connectivity index is 0.00000128. The zero-order valence-electron chi connectivity index (χ0n) is 9.51. The molecule has 4 nitrogen and oxygen atoms in total. The molecular formula is C11H12N2NaO2. The van der Waals surface area contributed by atoms with Crippen LogP contribution >= 0.6 is 0 Å². The van der Waals surface area contributed by atoms with E-state index in [1.165, 1.54) is 6.20 Å². The van der Waals surface area contributed by atoms with Gasteiger partial charge in [-0.2, -0.15) is 0 Å². The molecule has 1 aromatic heterocycles. The van der Waals surface area contributed by atoms with Gasteiger partial charge in [-0.05, 0) is 18.6 Å². The second-order valence-electron chi connectivity index (χ2n) is 3.71. The van der Waals surface area contributed by atoms with Gasteiger partial charge in [0.25, 0.3) is 0 Å². The molecule has 0 spiro atoms. The predicted molar refractivity (Wildman–Crippen MR) is 60.1 cm³/mol. The molecule has 0 aliphatic carbocycles. The largest absolute Gasteiger partial charge is 0.345 e. The van der Waals surface area contributed by atoms with Crippen LogP contribution in [-0.4, -0.2) is 64.7 Å².